The predicted molar refractivity (Wildman–Crippen MR) is 136 cm³/mol. The van der Waals surface area contributed by atoms with Crippen LogP contribution in [0.15, 0.2) is 30.6 Å². The number of rotatable bonds is 9. The number of anilines is 2. The van der Waals surface area contributed by atoms with Crippen LogP contribution in [0.1, 0.15) is 26.8 Å². The molecule has 14 heteroatoms. The van der Waals surface area contributed by atoms with Gasteiger partial charge >= 0.3 is 6.09 Å². The second-order valence-electron chi connectivity index (χ2n) is 8.54. The smallest absolute Gasteiger partial charge is 0.407 e. The standard InChI is InChI=1S/C22H27ClFN7O4S/c1-12(2)31-11-16(17-6-7-25-21(27-17)26-10-13(3)30(4)22(32)33)20(28-31)15-8-14(23)9-18(19(15)24)29-36(5,34)35/h6-9,11-13,29H,10H2,1-5H3,(H,32,33)(H,25,26,27)/t13-/m0/s1. The Morgan fingerprint density at radius 1 is 1.28 bits per heavy atom. The molecule has 0 aliphatic heterocycles. The number of aromatic nitrogens is 4. The summed E-state index contributed by atoms with van der Waals surface area (Å²) in [6.45, 7) is 5.80. The van der Waals surface area contributed by atoms with E-state index in [-0.39, 0.29) is 46.5 Å². The molecule has 0 spiro atoms. The van der Waals surface area contributed by atoms with Crippen LogP contribution in [-0.2, 0) is 10.0 Å². The fourth-order valence-electron chi connectivity index (χ4n) is 3.24. The van der Waals surface area contributed by atoms with Gasteiger partial charge in [-0.25, -0.2) is 27.6 Å². The zero-order valence-electron chi connectivity index (χ0n) is 20.3. The van der Waals surface area contributed by atoms with Gasteiger partial charge in [0.15, 0.2) is 5.82 Å². The summed E-state index contributed by atoms with van der Waals surface area (Å²) in [6.07, 6.45) is 3.07. The highest BCUT2D eigenvalue weighted by molar-refractivity contribution is 7.92. The van der Waals surface area contributed by atoms with Crippen molar-refractivity contribution in [1.82, 2.24) is 24.6 Å². The zero-order chi connectivity index (χ0) is 26.8. The van der Waals surface area contributed by atoms with E-state index in [9.17, 15) is 13.2 Å². The number of likely N-dealkylation sites (N-methyl/N-ethyl adjacent to an activating group) is 1. The van der Waals surface area contributed by atoms with Crippen molar-refractivity contribution in [3.05, 3.63) is 41.4 Å². The highest BCUT2D eigenvalue weighted by atomic mass is 35.5. The fraction of sp³-hybridized carbons (Fsp3) is 0.364. The van der Waals surface area contributed by atoms with Gasteiger partial charge in [0.25, 0.3) is 0 Å². The van der Waals surface area contributed by atoms with Crippen LogP contribution in [0.2, 0.25) is 5.02 Å². The molecule has 3 aromatic rings. The number of amides is 1. The van der Waals surface area contributed by atoms with Crippen LogP contribution < -0.4 is 10.0 Å². The first-order valence-electron chi connectivity index (χ1n) is 10.9. The molecule has 0 unspecified atom stereocenters. The van der Waals surface area contributed by atoms with E-state index >= 15 is 4.39 Å². The zero-order valence-corrected chi connectivity index (χ0v) is 21.9. The van der Waals surface area contributed by atoms with Crippen LogP contribution in [0.3, 0.4) is 0 Å². The Balaban J connectivity index is 2.06. The third-order valence-electron chi connectivity index (χ3n) is 5.30. The summed E-state index contributed by atoms with van der Waals surface area (Å²) >= 11 is 6.19. The Morgan fingerprint density at radius 3 is 2.58 bits per heavy atom. The molecule has 0 bridgehead atoms. The molecule has 3 N–H and O–H groups in total. The van der Waals surface area contributed by atoms with Crippen molar-refractivity contribution in [3.63, 3.8) is 0 Å². The SMILES string of the molecule is CC(C)n1cc(-c2ccnc(NC[C@H](C)N(C)C(=O)O)n2)c(-c2cc(Cl)cc(NS(C)(=O)=O)c2F)n1. The molecule has 36 heavy (non-hydrogen) atoms. The molecule has 1 aromatic carbocycles. The number of carbonyl (C=O) groups is 1. The average molecular weight is 540 g/mol. The van der Waals surface area contributed by atoms with Gasteiger partial charge in [-0.05, 0) is 39.0 Å². The third kappa shape index (κ3) is 6.40. The molecule has 0 saturated carbocycles. The van der Waals surface area contributed by atoms with Crippen molar-refractivity contribution < 1.29 is 22.7 Å². The lowest BCUT2D eigenvalue weighted by Crippen LogP contribution is -2.38. The average Bonchev–Trinajstić information content (AvgIpc) is 3.24. The molecule has 0 saturated heterocycles. The lowest BCUT2D eigenvalue weighted by Gasteiger charge is -2.21. The van der Waals surface area contributed by atoms with Crippen molar-refractivity contribution in [1.29, 1.82) is 0 Å². The molecule has 194 valence electrons. The Labute approximate surface area is 213 Å². The van der Waals surface area contributed by atoms with E-state index in [4.69, 9.17) is 16.7 Å². The molecule has 0 aliphatic carbocycles. The molecule has 3 rings (SSSR count). The molecule has 1 atom stereocenters. The second-order valence-corrected chi connectivity index (χ2v) is 10.7. The topological polar surface area (TPSA) is 142 Å². The van der Waals surface area contributed by atoms with Gasteiger partial charge in [0, 0.05) is 54.2 Å². The lowest BCUT2D eigenvalue weighted by molar-refractivity contribution is 0.144. The fourth-order valence-corrected chi connectivity index (χ4v) is 4.00. The first-order chi connectivity index (χ1) is 16.8. The molecule has 0 radical (unpaired) electrons. The number of hydrogen-bond acceptors (Lipinski definition) is 7. The van der Waals surface area contributed by atoms with Gasteiger partial charge in [-0.3, -0.25) is 9.40 Å². The maximum atomic E-state index is 15.5. The van der Waals surface area contributed by atoms with Gasteiger partial charge < -0.3 is 15.3 Å². The van der Waals surface area contributed by atoms with E-state index in [1.165, 1.54) is 25.4 Å². The minimum absolute atomic E-state index is 0.00660. The monoisotopic (exact) mass is 539 g/mol. The minimum atomic E-state index is -3.76. The molecular formula is C22H27ClFN7O4S. The van der Waals surface area contributed by atoms with Crippen molar-refractivity contribution in [3.8, 4) is 22.5 Å². The number of nitrogens with zero attached hydrogens (tertiary/aromatic N) is 5. The number of benzene rings is 1. The molecule has 2 aromatic heterocycles. The second kappa shape index (κ2) is 10.7. The summed E-state index contributed by atoms with van der Waals surface area (Å²) in [7, 11) is -2.30. The Kier molecular flexibility index (Phi) is 8.04. The first kappa shape index (κ1) is 27.1. The van der Waals surface area contributed by atoms with E-state index in [1.807, 2.05) is 13.8 Å². The quantitative estimate of drug-likeness (QED) is 0.368. The number of carboxylic acid groups (broad SMARTS) is 1. The normalized spacial score (nSPS) is 12.4. The van der Waals surface area contributed by atoms with Gasteiger partial charge in [-0.2, -0.15) is 5.10 Å². The Bertz CT molecular complexity index is 1380. The lowest BCUT2D eigenvalue weighted by atomic mass is 10.0. The van der Waals surface area contributed by atoms with Gasteiger partial charge in [-0.15, -0.1) is 0 Å². The van der Waals surface area contributed by atoms with E-state index in [0.717, 1.165) is 11.2 Å². The van der Waals surface area contributed by atoms with Crippen LogP contribution in [0, 0.1) is 5.82 Å². The predicted octanol–water partition coefficient (Wildman–Crippen LogP) is 4.16. The summed E-state index contributed by atoms with van der Waals surface area (Å²) in [4.78, 5) is 21.0. The number of hydrogen-bond donors (Lipinski definition) is 3. The van der Waals surface area contributed by atoms with Crippen molar-refractivity contribution in [2.75, 3.05) is 29.9 Å². The van der Waals surface area contributed by atoms with E-state index in [1.54, 1.807) is 23.9 Å². The van der Waals surface area contributed by atoms with E-state index < -0.39 is 21.9 Å². The van der Waals surface area contributed by atoms with Gasteiger partial charge in [0.05, 0.1) is 17.6 Å². The summed E-state index contributed by atoms with van der Waals surface area (Å²) < 4.78 is 42.7. The van der Waals surface area contributed by atoms with Crippen LogP contribution in [0.5, 0.6) is 0 Å². The maximum Gasteiger partial charge on any atom is 0.407 e. The number of halogens is 2. The molecule has 0 aliphatic rings. The van der Waals surface area contributed by atoms with Crippen molar-refractivity contribution >= 4 is 39.4 Å². The van der Waals surface area contributed by atoms with Gasteiger partial charge in [0.2, 0.25) is 16.0 Å². The Morgan fingerprint density at radius 2 is 1.97 bits per heavy atom. The Hall–Kier alpha value is -3.45. The van der Waals surface area contributed by atoms with Crippen molar-refractivity contribution in [2.24, 2.45) is 0 Å². The molecule has 1 amide bonds. The van der Waals surface area contributed by atoms with Gasteiger partial charge in [0.1, 0.15) is 5.69 Å². The minimum Gasteiger partial charge on any atom is -0.465 e. The molecule has 2 heterocycles. The summed E-state index contributed by atoms with van der Waals surface area (Å²) in [5, 5.41) is 16.8. The van der Waals surface area contributed by atoms with Crippen LogP contribution >= 0.6 is 11.6 Å². The maximum absolute atomic E-state index is 15.5. The molecular weight excluding hydrogens is 513 g/mol. The van der Waals surface area contributed by atoms with Crippen molar-refractivity contribution in [2.45, 2.75) is 32.9 Å². The van der Waals surface area contributed by atoms with Crippen LogP contribution in [0.4, 0.5) is 20.8 Å². The largest absolute Gasteiger partial charge is 0.465 e. The van der Waals surface area contributed by atoms with Gasteiger partial charge in [-0.1, -0.05) is 11.6 Å². The number of nitrogens with one attached hydrogen (secondary N) is 2. The van der Waals surface area contributed by atoms with E-state index in [0.29, 0.717) is 11.3 Å². The molecule has 0 fully saturated rings. The third-order valence-corrected chi connectivity index (χ3v) is 6.11. The first-order valence-corrected chi connectivity index (χ1v) is 13.1. The van der Waals surface area contributed by atoms with E-state index in [2.05, 4.69) is 25.1 Å². The molecule has 11 nitrogen and oxygen atoms in total. The summed E-state index contributed by atoms with van der Waals surface area (Å²) in [6, 6.07) is 3.75. The van der Waals surface area contributed by atoms with Crippen LogP contribution in [-0.4, -0.2) is 70.2 Å². The summed E-state index contributed by atoms with van der Waals surface area (Å²) in [5.74, 6) is -0.592. The highest BCUT2D eigenvalue weighted by Gasteiger charge is 2.23. The summed E-state index contributed by atoms with van der Waals surface area (Å²) in [5.41, 5.74) is 0.797. The number of sulfonamides is 1. The van der Waals surface area contributed by atoms with Crippen LogP contribution in [0.25, 0.3) is 22.5 Å². The highest BCUT2D eigenvalue weighted by Crippen LogP contribution is 2.37.